The SMILES string of the molecule is Cc1c(C(=O)N2CCCCCCC2)nnn1C1CCNCC1. The Bertz CT molecular complexity index is 499. The van der Waals surface area contributed by atoms with Crippen molar-refractivity contribution in [2.24, 2.45) is 0 Å². The number of amides is 1. The Morgan fingerprint density at radius 3 is 2.41 bits per heavy atom. The topological polar surface area (TPSA) is 63.1 Å². The van der Waals surface area contributed by atoms with Gasteiger partial charge in [0.1, 0.15) is 0 Å². The Kier molecular flexibility index (Phi) is 5.08. The van der Waals surface area contributed by atoms with Crippen molar-refractivity contribution in [1.82, 2.24) is 25.2 Å². The van der Waals surface area contributed by atoms with E-state index in [0.29, 0.717) is 11.7 Å². The van der Waals surface area contributed by atoms with Crippen LogP contribution in [0.3, 0.4) is 0 Å². The third-order valence-corrected chi connectivity index (χ3v) is 4.93. The molecular formula is C16H27N5O. The van der Waals surface area contributed by atoms with Gasteiger partial charge in [-0.05, 0) is 45.7 Å². The highest BCUT2D eigenvalue weighted by Crippen LogP contribution is 2.21. The first-order valence-electron chi connectivity index (χ1n) is 8.69. The molecule has 0 spiro atoms. The van der Waals surface area contributed by atoms with Crippen LogP contribution in [-0.2, 0) is 0 Å². The first-order chi connectivity index (χ1) is 10.8. The van der Waals surface area contributed by atoms with E-state index in [1.54, 1.807) is 0 Å². The summed E-state index contributed by atoms with van der Waals surface area (Å²) in [5.41, 5.74) is 1.48. The number of piperidine rings is 1. The summed E-state index contributed by atoms with van der Waals surface area (Å²) in [7, 11) is 0. The maximum atomic E-state index is 12.8. The minimum atomic E-state index is 0.0691. The van der Waals surface area contributed by atoms with E-state index in [1.165, 1.54) is 19.3 Å². The zero-order valence-corrected chi connectivity index (χ0v) is 13.6. The summed E-state index contributed by atoms with van der Waals surface area (Å²) in [5.74, 6) is 0.0691. The van der Waals surface area contributed by atoms with Crippen molar-refractivity contribution in [2.45, 2.75) is 57.9 Å². The molecule has 2 aliphatic rings. The van der Waals surface area contributed by atoms with Crippen LogP contribution in [0, 0.1) is 6.92 Å². The predicted molar refractivity (Wildman–Crippen MR) is 84.9 cm³/mol. The quantitative estimate of drug-likeness (QED) is 0.906. The van der Waals surface area contributed by atoms with E-state index in [9.17, 15) is 4.79 Å². The molecule has 0 bridgehead atoms. The summed E-state index contributed by atoms with van der Waals surface area (Å²) < 4.78 is 1.97. The van der Waals surface area contributed by atoms with Crippen LogP contribution in [0.25, 0.3) is 0 Å². The first kappa shape index (κ1) is 15.5. The van der Waals surface area contributed by atoms with Crippen molar-refractivity contribution >= 4 is 5.91 Å². The van der Waals surface area contributed by atoms with Crippen molar-refractivity contribution < 1.29 is 4.79 Å². The Balaban J connectivity index is 1.73. The lowest BCUT2D eigenvalue weighted by molar-refractivity contribution is 0.0735. The second-order valence-corrected chi connectivity index (χ2v) is 6.51. The van der Waals surface area contributed by atoms with E-state index >= 15 is 0 Å². The van der Waals surface area contributed by atoms with Crippen LogP contribution in [0.15, 0.2) is 0 Å². The van der Waals surface area contributed by atoms with Gasteiger partial charge in [-0.2, -0.15) is 0 Å². The van der Waals surface area contributed by atoms with Gasteiger partial charge >= 0.3 is 0 Å². The van der Waals surface area contributed by atoms with E-state index in [1.807, 2.05) is 16.5 Å². The number of rotatable bonds is 2. The molecule has 1 N–H and O–H groups in total. The average molecular weight is 305 g/mol. The largest absolute Gasteiger partial charge is 0.337 e. The lowest BCUT2D eigenvalue weighted by atomic mass is 10.1. The molecule has 2 saturated heterocycles. The summed E-state index contributed by atoms with van der Waals surface area (Å²) >= 11 is 0. The van der Waals surface area contributed by atoms with Crippen LogP contribution in [-0.4, -0.2) is 52.0 Å². The second kappa shape index (κ2) is 7.22. The van der Waals surface area contributed by atoms with E-state index in [2.05, 4.69) is 15.6 Å². The zero-order chi connectivity index (χ0) is 15.4. The number of hydrogen-bond acceptors (Lipinski definition) is 4. The fraction of sp³-hybridized carbons (Fsp3) is 0.812. The molecule has 0 unspecified atom stereocenters. The van der Waals surface area contributed by atoms with Gasteiger partial charge in [-0.3, -0.25) is 4.79 Å². The van der Waals surface area contributed by atoms with Crippen LogP contribution < -0.4 is 5.32 Å². The average Bonchev–Trinajstić information content (AvgIpc) is 2.89. The van der Waals surface area contributed by atoms with Gasteiger partial charge in [0.15, 0.2) is 5.69 Å². The van der Waals surface area contributed by atoms with E-state index in [0.717, 1.165) is 57.6 Å². The fourth-order valence-corrected chi connectivity index (χ4v) is 3.54. The standard InChI is InChI=1S/C16H27N5O/c1-13-15(16(22)20-11-5-3-2-4-6-12-20)18-19-21(13)14-7-9-17-10-8-14/h14,17H,2-12H2,1H3. The number of nitrogens with zero attached hydrogens (tertiary/aromatic N) is 4. The molecule has 6 heteroatoms. The highest BCUT2D eigenvalue weighted by Gasteiger charge is 2.26. The van der Waals surface area contributed by atoms with Crippen molar-refractivity contribution in [3.05, 3.63) is 11.4 Å². The van der Waals surface area contributed by atoms with Gasteiger partial charge < -0.3 is 10.2 Å². The molecule has 22 heavy (non-hydrogen) atoms. The Morgan fingerprint density at radius 1 is 1.09 bits per heavy atom. The van der Waals surface area contributed by atoms with E-state index < -0.39 is 0 Å². The molecule has 2 fully saturated rings. The third-order valence-electron chi connectivity index (χ3n) is 4.93. The number of hydrogen-bond donors (Lipinski definition) is 1. The Morgan fingerprint density at radius 2 is 1.73 bits per heavy atom. The zero-order valence-electron chi connectivity index (χ0n) is 13.6. The second-order valence-electron chi connectivity index (χ2n) is 6.51. The van der Waals surface area contributed by atoms with Gasteiger partial charge in [-0.25, -0.2) is 4.68 Å². The highest BCUT2D eigenvalue weighted by atomic mass is 16.2. The maximum Gasteiger partial charge on any atom is 0.276 e. The maximum absolute atomic E-state index is 12.8. The molecule has 3 heterocycles. The number of carbonyl (C=O) groups excluding carboxylic acids is 1. The van der Waals surface area contributed by atoms with E-state index in [4.69, 9.17) is 0 Å². The van der Waals surface area contributed by atoms with Crippen LogP contribution in [0.2, 0.25) is 0 Å². The molecule has 0 saturated carbocycles. The molecule has 1 amide bonds. The third kappa shape index (κ3) is 3.32. The van der Waals surface area contributed by atoms with Gasteiger partial charge in [-0.1, -0.05) is 24.5 Å². The van der Waals surface area contributed by atoms with Crippen LogP contribution >= 0.6 is 0 Å². The van der Waals surface area contributed by atoms with Crippen molar-refractivity contribution in [3.63, 3.8) is 0 Å². The van der Waals surface area contributed by atoms with Gasteiger partial charge in [0.2, 0.25) is 0 Å². The lowest BCUT2D eigenvalue weighted by Crippen LogP contribution is -2.34. The van der Waals surface area contributed by atoms with Crippen molar-refractivity contribution in [1.29, 1.82) is 0 Å². The van der Waals surface area contributed by atoms with Crippen LogP contribution in [0.1, 0.15) is 67.2 Å². The van der Waals surface area contributed by atoms with Gasteiger partial charge in [0.05, 0.1) is 11.7 Å². The van der Waals surface area contributed by atoms with Crippen molar-refractivity contribution in [2.75, 3.05) is 26.2 Å². The van der Waals surface area contributed by atoms with E-state index in [-0.39, 0.29) is 5.91 Å². The molecule has 122 valence electrons. The summed E-state index contributed by atoms with van der Waals surface area (Å²) in [6.45, 7) is 5.73. The molecule has 0 aromatic carbocycles. The van der Waals surface area contributed by atoms with Crippen LogP contribution in [0.5, 0.6) is 0 Å². The lowest BCUT2D eigenvalue weighted by Gasteiger charge is -2.25. The van der Waals surface area contributed by atoms with Gasteiger partial charge in [0, 0.05) is 13.1 Å². The molecule has 0 aliphatic carbocycles. The molecular weight excluding hydrogens is 278 g/mol. The molecule has 2 aliphatic heterocycles. The molecule has 0 radical (unpaired) electrons. The number of likely N-dealkylation sites (tertiary alicyclic amines) is 1. The monoisotopic (exact) mass is 305 g/mol. The molecule has 1 aromatic heterocycles. The number of aromatic nitrogens is 3. The summed E-state index contributed by atoms with van der Waals surface area (Å²) in [5, 5.41) is 11.9. The summed E-state index contributed by atoms with van der Waals surface area (Å²) in [6, 6.07) is 0.377. The summed E-state index contributed by atoms with van der Waals surface area (Å²) in [6.07, 6.45) is 8.07. The normalized spacial score (nSPS) is 21.4. The molecule has 3 rings (SSSR count). The number of nitrogens with one attached hydrogen (secondary N) is 1. The smallest absolute Gasteiger partial charge is 0.276 e. The Hall–Kier alpha value is -1.43. The van der Waals surface area contributed by atoms with Gasteiger partial charge in [0.25, 0.3) is 5.91 Å². The molecule has 0 atom stereocenters. The predicted octanol–water partition coefficient (Wildman–Crippen LogP) is 1.92. The van der Waals surface area contributed by atoms with Crippen LogP contribution in [0.4, 0.5) is 0 Å². The molecule has 6 nitrogen and oxygen atoms in total. The highest BCUT2D eigenvalue weighted by molar-refractivity contribution is 5.93. The summed E-state index contributed by atoms with van der Waals surface area (Å²) in [4.78, 5) is 14.8. The van der Waals surface area contributed by atoms with Gasteiger partial charge in [-0.15, -0.1) is 5.10 Å². The number of carbonyl (C=O) groups is 1. The first-order valence-corrected chi connectivity index (χ1v) is 8.69. The van der Waals surface area contributed by atoms with Crippen molar-refractivity contribution in [3.8, 4) is 0 Å². The Labute approximate surface area is 132 Å². The molecule has 1 aromatic rings. The minimum Gasteiger partial charge on any atom is -0.337 e. The fourth-order valence-electron chi connectivity index (χ4n) is 3.54. The minimum absolute atomic E-state index is 0.0691.